The molecule has 0 heterocycles. The minimum absolute atomic E-state index is 0.0698. The van der Waals surface area contributed by atoms with Crippen LogP contribution in [0.2, 0.25) is 0 Å². The first kappa shape index (κ1) is 18.8. The lowest BCUT2D eigenvalue weighted by Crippen LogP contribution is -2.16. The lowest BCUT2D eigenvalue weighted by Gasteiger charge is -2.13. The van der Waals surface area contributed by atoms with Gasteiger partial charge in [0.1, 0.15) is 0 Å². The van der Waals surface area contributed by atoms with Crippen LogP contribution in [-0.2, 0) is 6.42 Å². The molecule has 3 aromatic carbocycles. The predicted octanol–water partition coefficient (Wildman–Crippen LogP) is 4.60. The maximum absolute atomic E-state index is 13.1. The summed E-state index contributed by atoms with van der Waals surface area (Å²) in [6, 6.07) is 23.5. The number of carbonyl (C=O) groups excluding carboxylic acids is 1. The van der Waals surface area contributed by atoms with E-state index < -0.39 is 0 Å². The van der Waals surface area contributed by atoms with Gasteiger partial charge in [0.15, 0.2) is 17.3 Å². The lowest BCUT2D eigenvalue weighted by atomic mass is 10.0. The number of hydrogen-bond acceptors (Lipinski definition) is 4. The van der Waals surface area contributed by atoms with Crippen molar-refractivity contribution in [1.29, 1.82) is 0 Å². The molecule has 4 nitrogen and oxygen atoms in total. The number of rotatable bonds is 7. The maximum Gasteiger partial charge on any atom is 0.196 e. The third-order valence-corrected chi connectivity index (χ3v) is 5.14. The second kappa shape index (κ2) is 8.23. The molecule has 1 aliphatic rings. The van der Waals surface area contributed by atoms with Crippen LogP contribution in [-0.4, -0.2) is 26.5 Å². The van der Waals surface area contributed by atoms with E-state index in [1.807, 2.05) is 72.8 Å². The number of ketones is 1. The zero-order valence-electron chi connectivity index (χ0n) is 16.6. The van der Waals surface area contributed by atoms with Crippen molar-refractivity contribution in [2.24, 2.45) is 0 Å². The molecule has 4 heteroatoms. The molecule has 0 bridgehead atoms. The van der Waals surface area contributed by atoms with Crippen molar-refractivity contribution in [3.05, 3.63) is 95.1 Å². The summed E-state index contributed by atoms with van der Waals surface area (Å²) in [5.41, 5.74) is 5.41. The van der Waals surface area contributed by atoms with E-state index in [2.05, 4.69) is 5.32 Å². The number of fused-ring (bicyclic) bond motifs is 1. The molecule has 3 aromatic rings. The summed E-state index contributed by atoms with van der Waals surface area (Å²) >= 11 is 0. The van der Waals surface area contributed by atoms with Gasteiger partial charge in [-0.05, 0) is 29.7 Å². The van der Waals surface area contributed by atoms with E-state index in [1.54, 1.807) is 14.2 Å². The molecule has 0 unspecified atom stereocenters. The van der Waals surface area contributed by atoms with Gasteiger partial charge < -0.3 is 14.8 Å². The Morgan fingerprint density at radius 3 is 2.21 bits per heavy atom. The van der Waals surface area contributed by atoms with Gasteiger partial charge >= 0.3 is 0 Å². The first-order chi connectivity index (χ1) is 14.2. The number of carbonyl (C=O) groups is 1. The van der Waals surface area contributed by atoms with Crippen molar-refractivity contribution in [1.82, 2.24) is 5.32 Å². The average molecular weight is 385 g/mol. The van der Waals surface area contributed by atoms with Gasteiger partial charge in [-0.25, -0.2) is 0 Å². The molecule has 0 aromatic heterocycles. The zero-order chi connectivity index (χ0) is 20.2. The zero-order valence-corrected chi connectivity index (χ0v) is 16.6. The fourth-order valence-corrected chi connectivity index (χ4v) is 3.71. The smallest absolute Gasteiger partial charge is 0.196 e. The van der Waals surface area contributed by atoms with E-state index in [1.165, 1.54) is 0 Å². The summed E-state index contributed by atoms with van der Waals surface area (Å²) in [5.74, 6) is 1.50. The van der Waals surface area contributed by atoms with Crippen LogP contribution in [0, 0.1) is 0 Å². The van der Waals surface area contributed by atoms with Crippen molar-refractivity contribution in [2.45, 2.75) is 6.42 Å². The van der Waals surface area contributed by atoms with Crippen LogP contribution >= 0.6 is 0 Å². The van der Waals surface area contributed by atoms with E-state index in [0.717, 1.165) is 45.7 Å². The fraction of sp³-hybridized carbons (Fsp3) is 0.160. The Balaban J connectivity index is 1.60. The van der Waals surface area contributed by atoms with E-state index in [-0.39, 0.29) is 5.78 Å². The van der Waals surface area contributed by atoms with Gasteiger partial charge in [-0.15, -0.1) is 0 Å². The highest BCUT2D eigenvalue weighted by Crippen LogP contribution is 2.36. The molecule has 1 aliphatic carbocycles. The molecule has 0 aliphatic heterocycles. The van der Waals surface area contributed by atoms with Crippen molar-refractivity contribution in [3.8, 4) is 11.5 Å². The van der Waals surface area contributed by atoms with Crippen LogP contribution in [0.5, 0.6) is 11.5 Å². The molecule has 4 rings (SSSR count). The van der Waals surface area contributed by atoms with Gasteiger partial charge in [0.2, 0.25) is 0 Å². The van der Waals surface area contributed by atoms with Gasteiger partial charge in [-0.2, -0.15) is 0 Å². The Kier molecular flexibility index (Phi) is 5.34. The SMILES string of the molecule is COc1ccc(CCNC2=C(c3ccccc3)C(=O)c3ccccc32)cc1OC. The number of methoxy groups -OCH3 is 2. The summed E-state index contributed by atoms with van der Waals surface area (Å²) in [5, 5.41) is 3.52. The van der Waals surface area contributed by atoms with Gasteiger partial charge in [-0.3, -0.25) is 4.79 Å². The second-order valence-electron chi connectivity index (χ2n) is 6.86. The lowest BCUT2D eigenvalue weighted by molar-refractivity contribution is 0.105. The molecule has 0 amide bonds. The summed E-state index contributed by atoms with van der Waals surface area (Å²) in [6.07, 6.45) is 0.794. The summed E-state index contributed by atoms with van der Waals surface area (Å²) in [6.45, 7) is 0.697. The maximum atomic E-state index is 13.1. The van der Waals surface area contributed by atoms with Crippen LogP contribution < -0.4 is 14.8 Å². The van der Waals surface area contributed by atoms with Crippen LogP contribution in [0.4, 0.5) is 0 Å². The van der Waals surface area contributed by atoms with Crippen LogP contribution in [0.1, 0.15) is 27.0 Å². The summed E-state index contributed by atoms with van der Waals surface area (Å²) in [7, 11) is 3.27. The van der Waals surface area contributed by atoms with Crippen LogP contribution in [0.15, 0.2) is 72.8 Å². The predicted molar refractivity (Wildman–Crippen MR) is 115 cm³/mol. The van der Waals surface area contributed by atoms with E-state index in [9.17, 15) is 4.79 Å². The third kappa shape index (κ3) is 3.61. The van der Waals surface area contributed by atoms with Gasteiger partial charge in [0.25, 0.3) is 0 Å². The topological polar surface area (TPSA) is 47.6 Å². The quantitative estimate of drug-likeness (QED) is 0.646. The minimum Gasteiger partial charge on any atom is -0.493 e. The van der Waals surface area contributed by atoms with Crippen molar-refractivity contribution in [2.75, 3.05) is 20.8 Å². The molecule has 29 heavy (non-hydrogen) atoms. The number of ether oxygens (including phenoxy) is 2. The molecule has 0 saturated heterocycles. The first-order valence-electron chi connectivity index (χ1n) is 9.61. The summed E-state index contributed by atoms with van der Waals surface area (Å²) < 4.78 is 10.7. The van der Waals surface area contributed by atoms with E-state index in [0.29, 0.717) is 12.3 Å². The van der Waals surface area contributed by atoms with Crippen LogP contribution in [0.25, 0.3) is 11.3 Å². The number of nitrogens with one attached hydrogen (secondary N) is 1. The Morgan fingerprint density at radius 1 is 0.793 bits per heavy atom. The molecule has 146 valence electrons. The van der Waals surface area contributed by atoms with Gasteiger partial charge in [0, 0.05) is 17.7 Å². The van der Waals surface area contributed by atoms with Gasteiger partial charge in [-0.1, -0.05) is 60.7 Å². The van der Waals surface area contributed by atoms with E-state index >= 15 is 0 Å². The Bertz CT molecular complexity index is 1070. The second-order valence-corrected chi connectivity index (χ2v) is 6.86. The molecule has 1 N–H and O–H groups in total. The molecular weight excluding hydrogens is 362 g/mol. The largest absolute Gasteiger partial charge is 0.493 e. The molecule has 0 fully saturated rings. The third-order valence-electron chi connectivity index (χ3n) is 5.14. The normalized spacial score (nSPS) is 12.7. The number of Topliss-reactive ketones (excluding diaryl/α,β-unsaturated/α-hetero) is 1. The highest BCUT2D eigenvalue weighted by Gasteiger charge is 2.30. The summed E-state index contributed by atoms with van der Waals surface area (Å²) in [4.78, 5) is 13.1. The van der Waals surface area contributed by atoms with Crippen LogP contribution in [0.3, 0.4) is 0 Å². The Hall–Kier alpha value is -3.53. The number of allylic oxidation sites excluding steroid dienone is 1. The van der Waals surface area contributed by atoms with Crippen molar-refractivity contribution >= 4 is 17.1 Å². The monoisotopic (exact) mass is 385 g/mol. The molecule has 0 saturated carbocycles. The Morgan fingerprint density at radius 2 is 1.48 bits per heavy atom. The fourth-order valence-electron chi connectivity index (χ4n) is 3.71. The molecule has 0 spiro atoms. The average Bonchev–Trinajstić information content (AvgIpc) is 3.06. The standard InChI is InChI=1S/C25H23NO3/c1-28-21-13-12-17(16-22(21)29-2)14-15-26-24-19-10-6-7-11-20(19)25(27)23(24)18-8-4-3-5-9-18/h3-13,16,26H,14-15H2,1-2H3. The highest BCUT2D eigenvalue weighted by atomic mass is 16.5. The van der Waals surface area contributed by atoms with E-state index in [4.69, 9.17) is 9.47 Å². The number of hydrogen-bond donors (Lipinski definition) is 1. The first-order valence-corrected chi connectivity index (χ1v) is 9.61. The number of benzene rings is 3. The van der Waals surface area contributed by atoms with Crippen molar-refractivity contribution in [3.63, 3.8) is 0 Å². The minimum atomic E-state index is 0.0698. The van der Waals surface area contributed by atoms with Gasteiger partial charge in [0.05, 0.1) is 25.5 Å². The van der Waals surface area contributed by atoms with Crippen molar-refractivity contribution < 1.29 is 14.3 Å². The molecular formula is C25H23NO3. The Labute approximate surface area is 170 Å². The molecule has 0 atom stereocenters. The highest BCUT2D eigenvalue weighted by molar-refractivity contribution is 6.39. The molecule has 0 radical (unpaired) electrons.